The van der Waals surface area contributed by atoms with E-state index in [1.54, 1.807) is 18.9 Å². The Bertz CT molecular complexity index is 308. The van der Waals surface area contributed by atoms with E-state index in [1.165, 1.54) is 0 Å². The molecule has 0 bridgehead atoms. The Kier molecular flexibility index (Phi) is 5.17. The fraction of sp³-hybridized carbons (Fsp3) is 0.667. The van der Waals surface area contributed by atoms with E-state index >= 15 is 0 Å². The van der Waals surface area contributed by atoms with Crippen LogP contribution in [0.4, 0.5) is 5.95 Å². The van der Waals surface area contributed by atoms with E-state index in [0.29, 0.717) is 17.1 Å². The molecule has 0 spiro atoms. The quantitative estimate of drug-likeness (QED) is 0.749. The van der Waals surface area contributed by atoms with E-state index in [9.17, 15) is 0 Å². The smallest absolute Gasteiger partial charge is 0.321 e. The van der Waals surface area contributed by atoms with E-state index in [1.807, 2.05) is 6.92 Å². The van der Waals surface area contributed by atoms with Crippen LogP contribution in [0.1, 0.15) is 20.3 Å². The Morgan fingerprint density at radius 3 is 2.67 bits per heavy atom. The Balaban J connectivity index is 2.79. The lowest BCUT2D eigenvalue weighted by molar-refractivity contribution is 0.373. The van der Waals surface area contributed by atoms with E-state index in [4.69, 9.17) is 4.74 Å². The molecule has 0 aromatic carbocycles. The zero-order valence-corrected chi connectivity index (χ0v) is 10.1. The first-order valence-corrected chi connectivity index (χ1v) is 5.95. The molecule has 0 aliphatic heterocycles. The maximum atomic E-state index is 5.01. The molecule has 0 atom stereocenters. The fourth-order valence-corrected chi connectivity index (χ4v) is 1.60. The van der Waals surface area contributed by atoms with E-state index < -0.39 is 0 Å². The topological polar surface area (TPSA) is 59.9 Å². The van der Waals surface area contributed by atoms with Crippen LogP contribution in [0.2, 0.25) is 0 Å². The summed E-state index contributed by atoms with van der Waals surface area (Å²) in [5.41, 5.74) is 0. The normalized spacial score (nSPS) is 10.1. The van der Waals surface area contributed by atoms with Crippen molar-refractivity contribution >= 4 is 17.7 Å². The zero-order chi connectivity index (χ0) is 11.1. The number of nitrogens with one attached hydrogen (secondary N) is 1. The van der Waals surface area contributed by atoms with Crippen LogP contribution in [0, 0.1) is 0 Å². The highest BCUT2D eigenvalue weighted by Gasteiger charge is 2.05. The number of ether oxygens (including phenoxy) is 1. The SMILES string of the molecule is CCCSc1nc(NCC)nc(OC)n1. The summed E-state index contributed by atoms with van der Waals surface area (Å²) in [7, 11) is 1.55. The molecule has 1 aromatic rings. The van der Waals surface area contributed by atoms with Gasteiger partial charge in [-0.15, -0.1) is 0 Å². The summed E-state index contributed by atoms with van der Waals surface area (Å²) in [4.78, 5) is 12.5. The molecule has 0 amide bonds. The van der Waals surface area contributed by atoms with Gasteiger partial charge in [0.15, 0.2) is 5.16 Å². The lowest BCUT2D eigenvalue weighted by Crippen LogP contribution is -2.06. The summed E-state index contributed by atoms with van der Waals surface area (Å²) in [6.45, 7) is 4.90. The first-order valence-electron chi connectivity index (χ1n) is 4.96. The van der Waals surface area contributed by atoms with Crippen molar-refractivity contribution in [2.75, 3.05) is 24.7 Å². The van der Waals surface area contributed by atoms with Crippen molar-refractivity contribution in [2.24, 2.45) is 0 Å². The summed E-state index contributed by atoms with van der Waals surface area (Å²) in [6.07, 6.45) is 1.09. The molecular formula is C9H16N4OS. The first kappa shape index (κ1) is 12.0. The number of thioether (sulfide) groups is 1. The maximum Gasteiger partial charge on any atom is 0.321 e. The van der Waals surface area contributed by atoms with Crippen molar-refractivity contribution in [1.29, 1.82) is 0 Å². The van der Waals surface area contributed by atoms with Gasteiger partial charge < -0.3 is 10.1 Å². The molecule has 1 rings (SSSR count). The minimum Gasteiger partial charge on any atom is -0.467 e. The third-order valence-electron chi connectivity index (χ3n) is 1.55. The number of nitrogens with zero attached hydrogens (tertiary/aromatic N) is 3. The molecule has 0 radical (unpaired) electrons. The molecule has 0 aliphatic rings. The number of methoxy groups -OCH3 is 1. The van der Waals surface area contributed by atoms with E-state index in [0.717, 1.165) is 18.7 Å². The second-order valence-electron chi connectivity index (χ2n) is 2.81. The van der Waals surface area contributed by atoms with Crippen LogP contribution in [0.15, 0.2) is 5.16 Å². The van der Waals surface area contributed by atoms with Crippen LogP contribution in [0.5, 0.6) is 6.01 Å². The van der Waals surface area contributed by atoms with Gasteiger partial charge in [-0.25, -0.2) is 0 Å². The number of hydrogen-bond donors (Lipinski definition) is 1. The van der Waals surface area contributed by atoms with Gasteiger partial charge in [-0.05, 0) is 13.3 Å². The number of rotatable bonds is 6. The van der Waals surface area contributed by atoms with Crippen molar-refractivity contribution in [3.05, 3.63) is 0 Å². The molecule has 0 fully saturated rings. The molecular weight excluding hydrogens is 212 g/mol. The van der Waals surface area contributed by atoms with Crippen LogP contribution in [0.25, 0.3) is 0 Å². The minimum atomic E-state index is 0.361. The van der Waals surface area contributed by atoms with Crippen LogP contribution >= 0.6 is 11.8 Å². The molecule has 1 aromatic heterocycles. The fourth-order valence-electron chi connectivity index (χ4n) is 0.924. The largest absolute Gasteiger partial charge is 0.467 e. The Hall–Kier alpha value is -1.04. The number of hydrogen-bond acceptors (Lipinski definition) is 6. The monoisotopic (exact) mass is 228 g/mol. The van der Waals surface area contributed by atoms with Crippen LogP contribution in [0.3, 0.4) is 0 Å². The van der Waals surface area contributed by atoms with Crippen molar-refractivity contribution < 1.29 is 4.74 Å². The number of anilines is 1. The summed E-state index contributed by atoms with van der Waals surface area (Å²) in [6, 6.07) is 0.361. The van der Waals surface area contributed by atoms with Gasteiger partial charge in [0, 0.05) is 12.3 Å². The van der Waals surface area contributed by atoms with Crippen molar-refractivity contribution in [1.82, 2.24) is 15.0 Å². The molecule has 1 N–H and O–H groups in total. The van der Waals surface area contributed by atoms with Gasteiger partial charge in [-0.2, -0.15) is 15.0 Å². The summed E-state index contributed by atoms with van der Waals surface area (Å²) in [5, 5.41) is 3.75. The molecule has 0 saturated carbocycles. The van der Waals surface area contributed by atoms with Crippen LogP contribution in [-0.2, 0) is 0 Å². The predicted octanol–water partition coefficient (Wildman–Crippen LogP) is 1.81. The summed E-state index contributed by atoms with van der Waals surface area (Å²) in [5.74, 6) is 1.57. The Morgan fingerprint density at radius 2 is 2.07 bits per heavy atom. The van der Waals surface area contributed by atoms with Crippen LogP contribution < -0.4 is 10.1 Å². The second-order valence-corrected chi connectivity index (χ2v) is 3.87. The minimum absolute atomic E-state index is 0.361. The van der Waals surface area contributed by atoms with Gasteiger partial charge in [0.2, 0.25) is 5.95 Å². The maximum absolute atomic E-state index is 5.01. The molecule has 84 valence electrons. The van der Waals surface area contributed by atoms with Gasteiger partial charge in [0.25, 0.3) is 0 Å². The average molecular weight is 228 g/mol. The predicted molar refractivity (Wildman–Crippen MR) is 61.6 cm³/mol. The standard InChI is InChI=1S/C9H16N4OS/c1-4-6-15-9-12-7(10-5-2)11-8(13-9)14-3/h4-6H2,1-3H3,(H,10,11,12,13). The number of aromatic nitrogens is 3. The molecule has 15 heavy (non-hydrogen) atoms. The third-order valence-corrected chi connectivity index (χ3v) is 2.60. The first-order chi connectivity index (χ1) is 7.30. The highest BCUT2D eigenvalue weighted by Crippen LogP contribution is 2.17. The molecule has 0 saturated heterocycles. The Labute approximate surface area is 94.1 Å². The van der Waals surface area contributed by atoms with Crippen LogP contribution in [-0.4, -0.2) is 34.4 Å². The zero-order valence-electron chi connectivity index (χ0n) is 9.28. The van der Waals surface area contributed by atoms with Crippen molar-refractivity contribution in [2.45, 2.75) is 25.4 Å². The molecule has 6 heteroatoms. The molecule has 1 heterocycles. The van der Waals surface area contributed by atoms with Gasteiger partial charge in [0.05, 0.1) is 7.11 Å². The Morgan fingerprint density at radius 1 is 1.27 bits per heavy atom. The van der Waals surface area contributed by atoms with E-state index in [-0.39, 0.29) is 0 Å². The lowest BCUT2D eigenvalue weighted by atomic mass is 10.6. The van der Waals surface area contributed by atoms with Gasteiger partial charge in [-0.1, -0.05) is 18.7 Å². The van der Waals surface area contributed by atoms with Crippen molar-refractivity contribution in [3.8, 4) is 6.01 Å². The third kappa shape index (κ3) is 3.91. The van der Waals surface area contributed by atoms with Gasteiger partial charge >= 0.3 is 6.01 Å². The second kappa shape index (κ2) is 6.44. The van der Waals surface area contributed by atoms with Gasteiger partial charge in [0.1, 0.15) is 0 Å². The lowest BCUT2D eigenvalue weighted by Gasteiger charge is -2.05. The van der Waals surface area contributed by atoms with E-state index in [2.05, 4.69) is 27.2 Å². The summed E-state index contributed by atoms with van der Waals surface area (Å²) < 4.78 is 5.01. The molecule has 0 unspecified atom stereocenters. The average Bonchev–Trinajstić information content (AvgIpc) is 2.26. The molecule has 0 aliphatic carbocycles. The highest BCUT2D eigenvalue weighted by atomic mass is 32.2. The van der Waals surface area contributed by atoms with Crippen molar-refractivity contribution in [3.63, 3.8) is 0 Å². The highest BCUT2D eigenvalue weighted by molar-refractivity contribution is 7.99. The summed E-state index contributed by atoms with van der Waals surface area (Å²) >= 11 is 1.61. The van der Waals surface area contributed by atoms with Gasteiger partial charge in [-0.3, -0.25) is 0 Å². The molecule has 5 nitrogen and oxygen atoms in total.